The van der Waals surface area contributed by atoms with Gasteiger partial charge in [0.05, 0.1) is 52.9 Å². The summed E-state index contributed by atoms with van der Waals surface area (Å²) in [7, 11) is 0. The fraction of sp³-hybridized carbons (Fsp3) is 0.462. The molecule has 3 rings (SSSR count). The smallest absolute Gasteiger partial charge is 0.164 e. The van der Waals surface area contributed by atoms with Gasteiger partial charge >= 0.3 is 0 Å². The van der Waals surface area contributed by atoms with Crippen molar-refractivity contribution in [3.63, 3.8) is 0 Å². The number of aromatic hydroxyl groups is 2. The van der Waals surface area contributed by atoms with Gasteiger partial charge in [0, 0.05) is 11.1 Å². The Balaban J connectivity index is 1.68. The number of benzene rings is 2. The number of phenols is 2. The molecule has 8 heteroatoms. The van der Waals surface area contributed by atoms with E-state index in [4.69, 9.17) is 28.4 Å². The molecular formula is C26H34O8. The molecule has 1 aliphatic heterocycles. The third kappa shape index (κ3) is 8.53. The van der Waals surface area contributed by atoms with Crippen LogP contribution in [0.2, 0.25) is 0 Å². The Morgan fingerprint density at radius 2 is 0.882 bits per heavy atom. The second-order valence-corrected chi connectivity index (χ2v) is 7.78. The molecule has 2 N–H and O–H groups in total. The van der Waals surface area contributed by atoms with E-state index in [0.29, 0.717) is 90.4 Å². The molecule has 0 amide bonds. The van der Waals surface area contributed by atoms with Gasteiger partial charge in [0.2, 0.25) is 0 Å². The highest BCUT2D eigenvalue weighted by atomic mass is 16.6. The average Bonchev–Trinajstić information content (AvgIpc) is 2.81. The fourth-order valence-electron chi connectivity index (χ4n) is 3.52. The minimum atomic E-state index is 0.0699. The molecule has 1 aliphatic rings. The number of rotatable bonds is 0. The van der Waals surface area contributed by atoms with E-state index >= 15 is 0 Å². The number of fused-ring (bicyclic) bond motifs is 2. The molecule has 0 unspecified atom stereocenters. The summed E-state index contributed by atoms with van der Waals surface area (Å²) >= 11 is 0. The van der Waals surface area contributed by atoms with Crippen LogP contribution in [0, 0.1) is 0 Å². The molecule has 0 aliphatic carbocycles. The standard InChI is InChI=1S/C26H34O8/c1-20-18-21-4-2-6-23(27)25(21)33-16-14-31-12-10-29-8-9-30-11-13-32-15-17-34-26-22(19-20)5-3-7-24(26)28/h2-7,27-28H,1,8-19H2. The van der Waals surface area contributed by atoms with E-state index in [1.807, 2.05) is 12.1 Å². The molecule has 0 spiro atoms. The van der Waals surface area contributed by atoms with Crippen molar-refractivity contribution in [2.45, 2.75) is 12.8 Å². The van der Waals surface area contributed by atoms with Crippen molar-refractivity contribution in [3.05, 3.63) is 59.7 Å². The number of para-hydroxylation sites is 2. The van der Waals surface area contributed by atoms with Crippen molar-refractivity contribution in [1.29, 1.82) is 0 Å². The minimum Gasteiger partial charge on any atom is -0.504 e. The van der Waals surface area contributed by atoms with Crippen LogP contribution in [0.4, 0.5) is 0 Å². The van der Waals surface area contributed by atoms with Crippen LogP contribution >= 0.6 is 0 Å². The summed E-state index contributed by atoms with van der Waals surface area (Å²) < 4.78 is 33.7. The minimum absolute atomic E-state index is 0.0699. The van der Waals surface area contributed by atoms with Crippen LogP contribution in [0.1, 0.15) is 11.1 Å². The summed E-state index contributed by atoms with van der Waals surface area (Å²) in [6.45, 7) is 8.31. The predicted octanol–water partition coefficient (Wildman–Crippen LogP) is 3.28. The highest BCUT2D eigenvalue weighted by Gasteiger charge is 2.14. The van der Waals surface area contributed by atoms with Crippen LogP contribution in [0.25, 0.3) is 0 Å². The maximum atomic E-state index is 10.3. The lowest BCUT2D eigenvalue weighted by Gasteiger charge is -2.16. The first-order valence-electron chi connectivity index (χ1n) is 11.5. The summed E-state index contributed by atoms with van der Waals surface area (Å²) in [6, 6.07) is 10.5. The highest BCUT2D eigenvalue weighted by molar-refractivity contribution is 5.49. The average molecular weight is 475 g/mol. The van der Waals surface area contributed by atoms with Gasteiger partial charge in [-0.15, -0.1) is 0 Å². The lowest BCUT2D eigenvalue weighted by molar-refractivity contribution is -0.00712. The van der Waals surface area contributed by atoms with Crippen molar-refractivity contribution in [2.24, 2.45) is 0 Å². The number of phenolic OH excluding ortho intramolecular Hbond substituents is 2. The molecule has 8 nitrogen and oxygen atoms in total. The zero-order valence-electron chi connectivity index (χ0n) is 19.5. The van der Waals surface area contributed by atoms with E-state index in [-0.39, 0.29) is 11.5 Å². The van der Waals surface area contributed by atoms with Crippen LogP contribution in [0.5, 0.6) is 23.0 Å². The molecule has 2 aromatic rings. The Labute approximate surface area is 200 Å². The Morgan fingerprint density at radius 1 is 0.529 bits per heavy atom. The van der Waals surface area contributed by atoms with Gasteiger partial charge < -0.3 is 38.6 Å². The van der Waals surface area contributed by atoms with E-state index in [9.17, 15) is 10.2 Å². The second kappa shape index (κ2) is 14.5. The van der Waals surface area contributed by atoms with Crippen LogP contribution in [-0.2, 0) is 31.8 Å². The van der Waals surface area contributed by atoms with Crippen LogP contribution in [0.15, 0.2) is 48.6 Å². The molecule has 1 heterocycles. The van der Waals surface area contributed by atoms with Crippen LogP contribution in [-0.4, -0.2) is 76.3 Å². The second-order valence-electron chi connectivity index (χ2n) is 7.78. The summed E-state index contributed by atoms with van der Waals surface area (Å²) in [5, 5.41) is 20.7. The van der Waals surface area contributed by atoms with E-state index in [0.717, 1.165) is 16.7 Å². The largest absolute Gasteiger partial charge is 0.504 e. The Hall–Kier alpha value is -2.78. The van der Waals surface area contributed by atoms with Crippen molar-refractivity contribution >= 4 is 0 Å². The number of allylic oxidation sites excluding steroid dienone is 1. The number of hydrogen-bond donors (Lipinski definition) is 2. The van der Waals surface area contributed by atoms with Gasteiger partial charge in [0.15, 0.2) is 23.0 Å². The Kier molecular flexibility index (Phi) is 11.0. The molecule has 34 heavy (non-hydrogen) atoms. The molecular weight excluding hydrogens is 440 g/mol. The first-order valence-corrected chi connectivity index (χ1v) is 11.5. The van der Waals surface area contributed by atoms with Gasteiger partial charge in [-0.2, -0.15) is 0 Å². The zero-order chi connectivity index (χ0) is 24.0. The van der Waals surface area contributed by atoms with E-state index < -0.39 is 0 Å². The van der Waals surface area contributed by atoms with Crippen LogP contribution in [0.3, 0.4) is 0 Å². The van der Waals surface area contributed by atoms with Crippen LogP contribution < -0.4 is 9.47 Å². The molecule has 0 saturated heterocycles. The Morgan fingerprint density at radius 3 is 1.26 bits per heavy atom. The topological polar surface area (TPSA) is 95.8 Å². The normalized spacial score (nSPS) is 18.1. The molecule has 0 aromatic heterocycles. The molecule has 0 atom stereocenters. The first kappa shape index (κ1) is 25.8. The summed E-state index contributed by atoms with van der Waals surface area (Å²) in [5.41, 5.74) is 2.52. The highest BCUT2D eigenvalue weighted by Crippen LogP contribution is 2.34. The Bertz CT molecular complexity index is 827. The van der Waals surface area contributed by atoms with E-state index in [2.05, 4.69) is 6.58 Å². The molecule has 0 fully saturated rings. The lowest BCUT2D eigenvalue weighted by atomic mass is 9.98. The predicted molar refractivity (Wildman–Crippen MR) is 127 cm³/mol. The third-order valence-corrected chi connectivity index (χ3v) is 5.10. The van der Waals surface area contributed by atoms with Gasteiger partial charge in [-0.1, -0.05) is 36.4 Å². The van der Waals surface area contributed by atoms with Gasteiger partial charge in [-0.25, -0.2) is 0 Å². The maximum Gasteiger partial charge on any atom is 0.164 e. The monoisotopic (exact) mass is 474 g/mol. The lowest BCUT2D eigenvalue weighted by Crippen LogP contribution is -2.15. The van der Waals surface area contributed by atoms with Crippen molar-refractivity contribution in [3.8, 4) is 23.0 Å². The summed E-state index contributed by atoms with van der Waals surface area (Å²) in [6.07, 6.45) is 0.993. The van der Waals surface area contributed by atoms with Gasteiger partial charge in [0.25, 0.3) is 0 Å². The first-order chi connectivity index (χ1) is 16.6. The number of hydrogen-bond acceptors (Lipinski definition) is 8. The van der Waals surface area contributed by atoms with E-state index in [1.54, 1.807) is 24.3 Å². The van der Waals surface area contributed by atoms with E-state index in [1.165, 1.54) is 0 Å². The van der Waals surface area contributed by atoms with Gasteiger partial charge in [-0.05, 0) is 25.0 Å². The number of ether oxygens (including phenoxy) is 6. The molecule has 0 saturated carbocycles. The molecule has 186 valence electrons. The maximum absolute atomic E-state index is 10.3. The van der Waals surface area contributed by atoms with Gasteiger partial charge in [0.1, 0.15) is 13.2 Å². The molecule has 2 aromatic carbocycles. The van der Waals surface area contributed by atoms with Crippen molar-refractivity contribution in [2.75, 3.05) is 66.1 Å². The quantitative estimate of drug-likeness (QED) is 0.562. The van der Waals surface area contributed by atoms with Gasteiger partial charge in [-0.3, -0.25) is 0 Å². The molecule has 0 radical (unpaired) electrons. The van der Waals surface area contributed by atoms with Crippen molar-refractivity contribution < 1.29 is 38.6 Å². The molecule has 0 bridgehead atoms. The fourth-order valence-corrected chi connectivity index (χ4v) is 3.52. The third-order valence-electron chi connectivity index (χ3n) is 5.10. The SMILES string of the molecule is C=C1Cc2cccc(O)c2OCCOCCOCCOCCOCCOc2c(O)cccc2C1. The summed E-state index contributed by atoms with van der Waals surface area (Å²) in [5.74, 6) is 0.980. The summed E-state index contributed by atoms with van der Waals surface area (Å²) in [4.78, 5) is 0. The zero-order valence-corrected chi connectivity index (χ0v) is 19.5. The van der Waals surface area contributed by atoms with Crippen molar-refractivity contribution in [1.82, 2.24) is 0 Å².